The van der Waals surface area contributed by atoms with Crippen molar-refractivity contribution in [3.05, 3.63) is 23.8 Å². The molecule has 0 unspecified atom stereocenters. The second-order valence-corrected chi connectivity index (χ2v) is 9.33. The standard InChI is InChI=1S/C23H36O5/c1-14-10-16-7-6-15(2)19(22(16)20(24)11-14)9-8-17-12-18(13-21(25)26-5)28-23(3,4)27-17/h6-7,10,14-15,17-20,22,24H,8-9,11-13H2,1-5H3/t14-,15-,17+,18+,19-,20-,22-/m0/s1. The topological polar surface area (TPSA) is 65.0 Å². The number of carbonyl (C=O) groups is 1. The molecule has 5 heteroatoms. The highest BCUT2D eigenvalue weighted by atomic mass is 16.7. The Kier molecular flexibility index (Phi) is 6.68. The zero-order chi connectivity index (χ0) is 20.5. The van der Waals surface area contributed by atoms with Crippen molar-refractivity contribution in [3.8, 4) is 0 Å². The molecule has 0 bridgehead atoms. The molecule has 1 heterocycles. The van der Waals surface area contributed by atoms with Crippen molar-refractivity contribution in [3.63, 3.8) is 0 Å². The van der Waals surface area contributed by atoms with Crippen molar-refractivity contribution < 1.29 is 24.1 Å². The van der Waals surface area contributed by atoms with Crippen LogP contribution in [0.2, 0.25) is 0 Å². The Bertz CT molecular complexity index is 622. The van der Waals surface area contributed by atoms with Crippen molar-refractivity contribution >= 4 is 5.97 Å². The lowest BCUT2D eigenvalue weighted by Gasteiger charge is -2.44. The number of allylic oxidation sites excluding steroid dienone is 3. The molecule has 0 saturated carbocycles. The van der Waals surface area contributed by atoms with Crippen LogP contribution in [0.25, 0.3) is 0 Å². The molecular formula is C23H36O5. The highest BCUT2D eigenvalue weighted by molar-refractivity contribution is 5.69. The maximum atomic E-state index is 11.7. The number of esters is 1. The average molecular weight is 393 g/mol. The van der Waals surface area contributed by atoms with Gasteiger partial charge in [0.15, 0.2) is 5.79 Å². The molecule has 1 fully saturated rings. The summed E-state index contributed by atoms with van der Waals surface area (Å²) in [6.45, 7) is 8.23. The molecule has 0 amide bonds. The van der Waals surface area contributed by atoms with Gasteiger partial charge in [-0.3, -0.25) is 4.79 Å². The van der Waals surface area contributed by atoms with Gasteiger partial charge < -0.3 is 19.3 Å². The minimum atomic E-state index is -0.704. The van der Waals surface area contributed by atoms with Gasteiger partial charge in [-0.05, 0) is 56.4 Å². The molecular weight excluding hydrogens is 356 g/mol. The summed E-state index contributed by atoms with van der Waals surface area (Å²) in [5, 5.41) is 10.8. The molecule has 0 aromatic heterocycles. The van der Waals surface area contributed by atoms with Gasteiger partial charge in [-0.2, -0.15) is 0 Å². The molecule has 3 aliphatic rings. The number of aliphatic hydroxyl groups excluding tert-OH is 1. The Labute approximate surface area is 169 Å². The molecule has 7 atom stereocenters. The van der Waals surface area contributed by atoms with Crippen LogP contribution in [0.3, 0.4) is 0 Å². The van der Waals surface area contributed by atoms with Gasteiger partial charge >= 0.3 is 5.97 Å². The lowest BCUT2D eigenvalue weighted by atomic mass is 9.65. The van der Waals surface area contributed by atoms with Crippen LogP contribution in [0.5, 0.6) is 0 Å². The maximum Gasteiger partial charge on any atom is 0.308 e. The summed E-state index contributed by atoms with van der Waals surface area (Å²) in [4.78, 5) is 11.7. The van der Waals surface area contributed by atoms with Crippen LogP contribution < -0.4 is 0 Å². The van der Waals surface area contributed by atoms with E-state index in [1.54, 1.807) is 0 Å². The molecule has 2 aliphatic carbocycles. The van der Waals surface area contributed by atoms with E-state index in [2.05, 4.69) is 32.1 Å². The summed E-state index contributed by atoms with van der Waals surface area (Å²) in [7, 11) is 1.41. The van der Waals surface area contributed by atoms with Crippen LogP contribution in [0.15, 0.2) is 23.8 Å². The van der Waals surface area contributed by atoms with E-state index in [1.807, 2.05) is 13.8 Å². The Balaban J connectivity index is 1.65. The molecule has 5 nitrogen and oxygen atoms in total. The predicted molar refractivity (Wildman–Crippen MR) is 107 cm³/mol. The van der Waals surface area contributed by atoms with Crippen LogP contribution in [0.1, 0.15) is 59.8 Å². The van der Waals surface area contributed by atoms with Gasteiger partial charge in [-0.25, -0.2) is 0 Å². The summed E-state index contributed by atoms with van der Waals surface area (Å²) in [5.74, 6) is 0.538. The van der Waals surface area contributed by atoms with Crippen molar-refractivity contribution in [2.75, 3.05) is 7.11 Å². The largest absolute Gasteiger partial charge is 0.469 e. The van der Waals surface area contributed by atoms with Crippen LogP contribution in [-0.4, -0.2) is 42.3 Å². The number of hydrogen-bond donors (Lipinski definition) is 1. The number of ether oxygens (including phenoxy) is 3. The smallest absolute Gasteiger partial charge is 0.308 e. The number of carbonyl (C=O) groups excluding carboxylic acids is 1. The van der Waals surface area contributed by atoms with Crippen molar-refractivity contribution in [2.45, 2.75) is 83.9 Å². The predicted octanol–water partition coefficient (Wildman–Crippen LogP) is 4.01. The number of rotatable bonds is 5. The van der Waals surface area contributed by atoms with E-state index in [4.69, 9.17) is 14.2 Å². The molecule has 0 radical (unpaired) electrons. The van der Waals surface area contributed by atoms with E-state index in [9.17, 15) is 9.90 Å². The lowest BCUT2D eigenvalue weighted by Crippen LogP contribution is -2.46. The van der Waals surface area contributed by atoms with Crippen LogP contribution in [0.4, 0.5) is 0 Å². The summed E-state index contributed by atoms with van der Waals surface area (Å²) >= 11 is 0. The Morgan fingerprint density at radius 1 is 1.21 bits per heavy atom. The highest BCUT2D eigenvalue weighted by Gasteiger charge is 2.41. The maximum absolute atomic E-state index is 11.7. The van der Waals surface area contributed by atoms with Gasteiger partial charge in [-0.15, -0.1) is 0 Å². The second kappa shape index (κ2) is 8.68. The molecule has 1 aliphatic heterocycles. The molecule has 0 spiro atoms. The van der Waals surface area contributed by atoms with E-state index in [0.717, 1.165) is 19.3 Å². The molecule has 0 aromatic rings. The van der Waals surface area contributed by atoms with E-state index in [0.29, 0.717) is 24.2 Å². The zero-order valence-electron chi connectivity index (χ0n) is 17.9. The third-order valence-electron chi connectivity index (χ3n) is 6.49. The van der Waals surface area contributed by atoms with Gasteiger partial charge in [0, 0.05) is 12.3 Å². The molecule has 0 aromatic carbocycles. The van der Waals surface area contributed by atoms with E-state index >= 15 is 0 Å². The van der Waals surface area contributed by atoms with Crippen LogP contribution in [0, 0.1) is 23.7 Å². The number of methoxy groups -OCH3 is 1. The van der Waals surface area contributed by atoms with Crippen molar-refractivity contribution in [1.82, 2.24) is 0 Å². The number of aliphatic hydroxyl groups is 1. The molecule has 1 N–H and O–H groups in total. The summed E-state index contributed by atoms with van der Waals surface area (Å²) < 4.78 is 16.9. The van der Waals surface area contributed by atoms with Gasteiger partial charge in [0.2, 0.25) is 0 Å². The minimum absolute atomic E-state index is 0.0450. The van der Waals surface area contributed by atoms with E-state index < -0.39 is 5.79 Å². The molecule has 28 heavy (non-hydrogen) atoms. The first kappa shape index (κ1) is 21.5. The van der Waals surface area contributed by atoms with Gasteiger partial charge in [0.25, 0.3) is 0 Å². The first-order chi connectivity index (χ1) is 13.2. The highest BCUT2D eigenvalue weighted by Crippen LogP contribution is 2.44. The zero-order valence-corrected chi connectivity index (χ0v) is 17.9. The Hall–Kier alpha value is -1.17. The minimum Gasteiger partial charge on any atom is -0.469 e. The molecule has 158 valence electrons. The lowest BCUT2D eigenvalue weighted by molar-refractivity contribution is -0.301. The SMILES string of the molecule is COC(=O)C[C@H]1C[C@@H](CC[C@@H]2[C@@H]3C(=C[C@H](C)C[C@@H]3O)C=C[C@@H]2C)OC(C)(C)O1. The third-order valence-corrected chi connectivity index (χ3v) is 6.49. The Morgan fingerprint density at radius 2 is 1.93 bits per heavy atom. The van der Waals surface area contributed by atoms with Crippen molar-refractivity contribution in [2.24, 2.45) is 23.7 Å². The fraction of sp³-hybridized carbons (Fsp3) is 0.783. The van der Waals surface area contributed by atoms with Crippen LogP contribution >= 0.6 is 0 Å². The first-order valence-electron chi connectivity index (χ1n) is 10.7. The summed E-state index contributed by atoms with van der Waals surface area (Å²) in [5.41, 5.74) is 1.30. The monoisotopic (exact) mass is 392 g/mol. The van der Waals surface area contributed by atoms with E-state index in [-0.39, 0.29) is 36.6 Å². The second-order valence-electron chi connectivity index (χ2n) is 9.33. The van der Waals surface area contributed by atoms with Crippen LogP contribution in [-0.2, 0) is 19.0 Å². The van der Waals surface area contributed by atoms with Crippen molar-refractivity contribution in [1.29, 1.82) is 0 Å². The fourth-order valence-electron chi connectivity index (χ4n) is 5.30. The average Bonchev–Trinajstić information content (AvgIpc) is 2.59. The normalized spacial score (nSPS) is 39.8. The third kappa shape index (κ3) is 5.05. The van der Waals surface area contributed by atoms with Gasteiger partial charge in [0.05, 0.1) is 31.8 Å². The Morgan fingerprint density at radius 3 is 2.64 bits per heavy atom. The fourth-order valence-corrected chi connectivity index (χ4v) is 5.30. The summed E-state index contributed by atoms with van der Waals surface area (Å²) in [6, 6.07) is 0. The molecule has 1 saturated heterocycles. The first-order valence-corrected chi connectivity index (χ1v) is 10.7. The number of fused-ring (bicyclic) bond motifs is 1. The number of hydrogen-bond acceptors (Lipinski definition) is 5. The van der Waals surface area contributed by atoms with Gasteiger partial charge in [0.1, 0.15) is 0 Å². The quantitative estimate of drug-likeness (QED) is 0.716. The molecule has 3 rings (SSSR count). The van der Waals surface area contributed by atoms with E-state index in [1.165, 1.54) is 12.7 Å². The summed E-state index contributed by atoms with van der Waals surface area (Å²) in [6.07, 6.45) is 10.1. The van der Waals surface area contributed by atoms with Gasteiger partial charge in [-0.1, -0.05) is 32.1 Å².